The van der Waals surface area contributed by atoms with Gasteiger partial charge in [0.05, 0.1) is 5.52 Å². The van der Waals surface area contributed by atoms with E-state index >= 15 is 0 Å². The lowest BCUT2D eigenvalue weighted by molar-refractivity contribution is 0.705. The molecule has 0 saturated heterocycles. The summed E-state index contributed by atoms with van der Waals surface area (Å²) in [5.41, 5.74) is 16.1. The first kappa shape index (κ1) is 19.6. The number of benzene rings is 3. The molecule has 31 heavy (non-hydrogen) atoms. The van der Waals surface area contributed by atoms with Gasteiger partial charge in [0.1, 0.15) is 5.52 Å². The van der Waals surface area contributed by atoms with Crippen molar-refractivity contribution in [3.63, 3.8) is 0 Å². The molecular formula is C26H27N5. The normalized spacial score (nSPS) is 14.6. The second-order valence-corrected chi connectivity index (χ2v) is 8.75. The maximum atomic E-state index is 5.95. The van der Waals surface area contributed by atoms with E-state index in [1.165, 1.54) is 35.1 Å². The largest absolute Gasteiger partial charge is 0.330 e. The Balaban J connectivity index is 1.45. The summed E-state index contributed by atoms with van der Waals surface area (Å²) in [5, 5.41) is 12.1. The Bertz CT molecular complexity index is 1250. The maximum absolute atomic E-state index is 5.95. The van der Waals surface area contributed by atoms with Crippen LogP contribution in [-0.2, 0) is 5.41 Å². The van der Waals surface area contributed by atoms with E-state index in [4.69, 9.17) is 10.7 Å². The molecule has 0 atom stereocenters. The number of hydrogen-bond donors (Lipinski definition) is 2. The Morgan fingerprint density at radius 2 is 1.61 bits per heavy atom. The molecule has 5 nitrogen and oxygen atoms in total. The molecule has 5 heteroatoms. The zero-order valence-corrected chi connectivity index (χ0v) is 18.2. The molecule has 5 rings (SSSR count). The van der Waals surface area contributed by atoms with Gasteiger partial charge < -0.3 is 11.1 Å². The van der Waals surface area contributed by atoms with Gasteiger partial charge in [0.15, 0.2) is 0 Å². The average Bonchev–Trinajstić information content (AvgIpc) is 3.56. The maximum Gasteiger partial charge on any atom is 0.247 e. The predicted octanol–water partition coefficient (Wildman–Crippen LogP) is 5.35. The molecule has 1 aromatic heterocycles. The zero-order chi connectivity index (χ0) is 21.6. The summed E-state index contributed by atoms with van der Waals surface area (Å²) in [6.45, 7) is 7.07. The standard InChI is InChI=1S/C26H27N5/c1-16-5-4-6-17(2)23(16)19-13-18(3)24-22(14-19)30-31-25(29-24)28-21-9-7-20(8-10-21)26(15-27)11-12-26/h4-10,13-14H,11-12,15,27H2,1-3H3,(H,28,29,31). The van der Waals surface area contributed by atoms with Gasteiger partial charge in [0.25, 0.3) is 0 Å². The SMILES string of the molecule is Cc1cccc(C)c1-c1cc(C)c2nc(Nc3ccc(C4(CN)CC4)cc3)nnc2c1. The number of rotatable bonds is 5. The van der Waals surface area contributed by atoms with Gasteiger partial charge >= 0.3 is 0 Å². The van der Waals surface area contributed by atoms with Crippen LogP contribution < -0.4 is 11.1 Å². The summed E-state index contributed by atoms with van der Waals surface area (Å²) >= 11 is 0. The quantitative estimate of drug-likeness (QED) is 0.465. The van der Waals surface area contributed by atoms with Crippen LogP contribution in [0.15, 0.2) is 54.6 Å². The van der Waals surface area contributed by atoms with Crippen LogP contribution in [0.2, 0.25) is 0 Å². The number of hydrogen-bond acceptors (Lipinski definition) is 5. The monoisotopic (exact) mass is 409 g/mol. The van der Waals surface area contributed by atoms with Crippen LogP contribution in [0.3, 0.4) is 0 Å². The van der Waals surface area contributed by atoms with E-state index in [-0.39, 0.29) is 5.41 Å². The first-order valence-electron chi connectivity index (χ1n) is 10.8. The van der Waals surface area contributed by atoms with Crippen LogP contribution in [0.5, 0.6) is 0 Å². The molecule has 1 heterocycles. The average molecular weight is 410 g/mol. The molecule has 0 unspecified atom stereocenters. The van der Waals surface area contributed by atoms with Crippen LogP contribution in [0, 0.1) is 20.8 Å². The van der Waals surface area contributed by atoms with Gasteiger partial charge in [-0.05, 0) is 91.3 Å². The molecule has 1 saturated carbocycles. The number of nitrogens with one attached hydrogen (secondary N) is 1. The van der Waals surface area contributed by atoms with E-state index in [1.54, 1.807) is 0 Å². The first-order chi connectivity index (χ1) is 15.0. The molecule has 4 aromatic rings. The van der Waals surface area contributed by atoms with Crippen LogP contribution >= 0.6 is 0 Å². The predicted molar refractivity (Wildman–Crippen MR) is 127 cm³/mol. The highest BCUT2D eigenvalue weighted by atomic mass is 15.2. The van der Waals surface area contributed by atoms with Crippen molar-refractivity contribution in [2.24, 2.45) is 5.73 Å². The van der Waals surface area contributed by atoms with Crippen LogP contribution in [-0.4, -0.2) is 21.7 Å². The fourth-order valence-electron chi connectivity index (χ4n) is 4.48. The molecule has 0 aliphatic heterocycles. The highest BCUT2D eigenvalue weighted by Gasteiger charge is 2.42. The Kier molecular flexibility index (Phi) is 4.71. The van der Waals surface area contributed by atoms with Gasteiger partial charge in [0, 0.05) is 17.6 Å². The topological polar surface area (TPSA) is 76.7 Å². The van der Waals surface area contributed by atoms with Crippen LogP contribution in [0.25, 0.3) is 22.2 Å². The molecule has 0 spiro atoms. The lowest BCUT2D eigenvalue weighted by atomic mass is 9.94. The van der Waals surface area contributed by atoms with Crippen molar-refractivity contribution in [3.05, 3.63) is 76.9 Å². The van der Waals surface area contributed by atoms with Crippen molar-refractivity contribution in [3.8, 4) is 11.1 Å². The van der Waals surface area contributed by atoms with Gasteiger partial charge in [-0.15, -0.1) is 10.2 Å². The lowest BCUT2D eigenvalue weighted by Gasteiger charge is -2.14. The molecule has 0 radical (unpaired) electrons. The molecular weight excluding hydrogens is 382 g/mol. The Hall–Kier alpha value is -3.31. The van der Waals surface area contributed by atoms with Crippen molar-refractivity contribution < 1.29 is 0 Å². The third kappa shape index (κ3) is 3.55. The molecule has 0 amide bonds. The van der Waals surface area contributed by atoms with Gasteiger partial charge in [0.2, 0.25) is 5.95 Å². The fraction of sp³-hybridized carbons (Fsp3) is 0.269. The number of nitrogens with two attached hydrogens (primary N) is 1. The Labute approximate surface area is 182 Å². The minimum absolute atomic E-state index is 0.198. The smallest absolute Gasteiger partial charge is 0.247 e. The number of aromatic nitrogens is 3. The third-order valence-corrected chi connectivity index (χ3v) is 6.52. The van der Waals surface area contributed by atoms with Crippen molar-refractivity contribution in [2.45, 2.75) is 39.0 Å². The number of nitrogens with zero attached hydrogens (tertiary/aromatic N) is 3. The van der Waals surface area contributed by atoms with Crippen LogP contribution in [0.4, 0.5) is 11.6 Å². The summed E-state index contributed by atoms with van der Waals surface area (Å²) in [4.78, 5) is 4.74. The van der Waals surface area contributed by atoms with E-state index in [1.807, 2.05) is 0 Å². The molecule has 1 fully saturated rings. The van der Waals surface area contributed by atoms with E-state index in [0.717, 1.165) is 27.8 Å². The minimum atomic E-state index is 0.198. The Morgan fingerprint density at radius 1 is 0.903 bits per heavy atom. The first-order valence-corrected chi connectivity index (χ1v) is 10.8. The molecule has 0 bridgehead atoms. The number of anilines is 2. The van der Waals surface area contributed by atoms with E-state index in [2.05, 4.69) is 90.9 Å². The van der Waals surface area contributed by atoms with Crippen molar-refractivity contribution in [1.29, 1.82) is 0 Å². The molecule has 1 aliphatic carbocycles. The molecule has 1 aliphatic rings. The second-order valence-electron chi connectivity index (χ2n) is 8.75. The fourth-order valence-corrected chi connectivity index (χ4v) is 4.48. The second kappa shape index (κ2) is 7.43. The Morgan fingerprint density at radius 3 is 2.26 bits per heavy atom. The highest BCUT2D eigenvalue weighted by molar-refractivity contribution is 5.86. The van der Waals surface area contributed by atoms with Crippen LogP contribution in [0.1, 0.15) is 35.1 Å². The molecule has 3 N–H and O–H groups in total. The molecule has 156 valence electrons. The van der Waals surface area contributed by atoms with Gasteiger partial charge in [-0.1, -0.05) is 30.3 Å². The number of aryl methyl sites for hydroxylation is 3. The summed E-state index contributed by atoms with van der Waals surface area (Å²) < 4.78 is 0. The summed E-state index contributed by atoms with van der Waals surface area (Å²) in [6, 6.07) is 19.1. The minimum Gasteiger partial charge on any atom is -0.330 e. The van der Waals surface area contributed by atoms with E-state index in [0.29, 0.717) is 12.5 Å². The van der Waals surface area contributed by atoms with Gasteiger partial charge in [-0.25, -0.2) is 4.98 Å². The van der Waals surface area contributed by atoms with Crippen molar-refractivity contribution in [2.75, 3.05) is 11.9 Å². The molecule has 3 aromatic carbocycles. The van der Waals surface area contributed by atoms with Crippen molar-refractivity contribution in [1.82, 2.24) is 15.2 Å². The van der Waals surface area contributed by atoms with Gasteiger partial charge in [-0.2, -0.15) is 0 Å². The van der Waals surface area contributed by atoms with E-state index in [9.17, 15) is 0 Å². The van der Waals surface area contributed by atoms with Gasteiger partial charge in [-0.3, -0.25) is 0 Å². The highest BCUT2D eigenvalue weighted by Crippen LogP contribution is 2.47. The third-order valence-electron chi connectivity index (χ3n) is 6.52. The summed E-state index contributed by atoms with van der Waals surface area (Å²) in [5.74, 6) is 0.503. The summed E-state index contributed by atoms with van der Waals surface area (Å²) in [6.07, 6.45) is 2.36. The van der Waals surface area contributed by atoms with E-state index < -0.39 is 0 Å². The lowest BCUT2D eigenvalue weighted by Crippen LogP contribution is -2.19. The zero-order valence-electron chi connectivity index (χ0n) is 18.2. The number of fused-ring (bicyclic) bond motifs is 1. The van der Waals surface area contributed by atoms with Crippen molar-refractivity contribution >= 4 is 22.7 Å². The summed E-state index contributed by atoms with van der Waals surface area (Å²) in [7, 11) is 0.